The molecule has 0 heterocycles. The van der Waals surface area contributed by atoms with E-state index in [0.717, 1.165) is 6.42 Å². The van der Waals surface area contributed by atoms with E-state index in [1.165, 1.54) is 17.0 Å². The Kier molecular flexibility index (Phi) is 6.09. The number of nitrogens with zero attached hydrogens (tertiary/aromatic N) is 1. The third-order valence-electron chi connectivity index (χ3n) is 5.28. The van der Waals surface area contributed by atoms with E-state index in [4.69, 9.17) is 4.74 Å². The first kappa shape index (κ1) is 21.4. The Morgan fingerprint density at radius 2 is 1.87 bits per heavy atom. The van der Waals surface area contributed by atoms with E-state index in [-0.39, 0.29) is 47.0 Å². The Hall–Kier alpha value is -3.36. The molecule has 0 spiro atoms. The Labute approximate surface area is 173 Å². The van der Waals surface area contributed by atoms with Crippen molar-refractivity contribution in [3.63, 3.8) is 0 Å². The molecule has 9 heteroatoms. The van der Waals surface area contributed by atoms with E-state index < -0.39 is 22.7 Å². The highest BCUT2D eigenvalue weighted by atomic mass is 16.5. The normalized spacial score (nSPS) is 18.2. The van der Waals surface area contributed by atoms with Crippen molar-refractivity contribution in [2.45, 2.75) is 32.2 Å². The van der Waals surface area contributed by atoms with E-state index in [9.17, 15) is 24.3 Å². The molecule has 160 valence electrons. The number of esters is 1. The highest BCUT2D eigenvalue weighted by Gasteiger charge is 2.36. The first-order chi connectivity index (χ1) is 14.3. The zero-order chi connectivity index (χ0) is 22.0. The number of nitrogens with one attached hydrogen (secondary N) is 2. The molecule has 3 N–H and O–H groups in total. The Morgan fingerprint density at radius 3 is 2.53 bits per heavy atom. The van der Waals surface area contributed by atoms with Gasteiger partial charge < -0.3 is 25.4 Å². The summed E-state index contributed by atoms with van der Waals surface area (Å²) in [5.41, 5.74) is -1.15. The van der Waals surface area contributed by atoms with Gasteiger partial charge in [0.1, 0.15) is 11.4 Å². The van der Waals surface area contributed by atoms with E-state index in [2.05, 4.69) is 10.6 Å². The summed E-state index contributed by atoms with van der Waals surface area (Å²) >= 11 is 0. The van der Waals surface area contributed by atoms with Crippen LogP contribution in [0.2, 0.25) is 0 Å². The molecule has 2 atom stereocenters. The molecule has 0 aliphatic heterocycles. The first-order valence-electron chi connectivity index (χ1n) is 9.83. The molecule has 1 aliphatic rings. The molecule has 2 aromatic rings. The molecule has 3 rings (SSSR count). The van der Waals surface area contributed by atoms with Crippen LogP contribution in [-0.2, 0) is 9.53 Å². The third-order valence-corrected chi connectivity index (χ3v) is 5.28. The van der Waals surface area contributed by atoms with E-state index in [1.54, 1.807) is 27.1 Å². The van der Waals surface area contributed by atoms with Crippen molar-refractivity contribution >= 4 is 28.9 Å². The van der Waals surface area contributed by atoms with Gasteiger partial charge in [-0.3, -0.25) is 19.2 Å². The molecule has 0 saturated heterocycles. The molecular formula is C21H25N3O6. The van der Waals surface area contributed by atoms with Crippen molar-refractivity contribution in [2.24, 2.45) is 5.92 Å². The average molecular weight is 415 g/mol. The number of benzene rings is 1. The maximum Gasteiger partial charge on any atom is 0.311 e. The van der Waals surface area contributed by atoms with Crippen molar-refractivity contribution in [1.82, 2.24) is 4.90 Å². The lowest BCUT2D eigenvalue weighted by Gasteiger charge is -2.23. The summed E-state index contributed by atoms with van der Waals surface area (Å²) < 4.78 is 5.10. The molecule has 0 aromatic heterocycles. The van der Waals surface area contributed by atoms with Crippen molar-refractivity contribution in [1.29, 1.82) is 0 Å². The maximum atomic E-state index is 12.2. The van der Waals surface area contributed by atoms with Gasteiger partial charge in [0.25, 0.3) is 16.8 Å². The number of phenols is 1. The van der Waals surface area contributed by atoms with Crippen LogP contribution in [0.1, 0.15) is 36.5 Å². The second kappa shape index (κ2) is 8.56. The quantitative estimate of drug-likeness (QED) is 0.354. The van der Waals surface area contributed by atoms with Crippen LogP contribution < -0.4 is 21.5 Å². The van der Waals surface area contributed by atoms with Gasteiger partial charge in [0, 0.05) is 20.1 Å². The summed E-state index contributed by atoms with van der Waals surface area (Å²) in [5.74, 6) is -1.44. The number of amides is 1. The summed E-state index contributed by atoms with van der Waals surface area (Å²) in [6, 6.07) is 4.21. The minimum atomic E-state index is -0.730. The largest absolute Gasteiger partial charge is 0.505 e. The van der Waals surface area contributed by atoms with Gasteiger partial charge in [0.05, 0.1) is 23.8 Å². The third kappa shape index (κ3) is 3.87. The van der Waals surface area contributed by atoms with E-state index in [1.807, 2.05) is 0 Å². The number of hydrogen-bond donors (Lipinski definition) is 3. The minimum Gasteiger partial charge on any atom is -0.505 e. The summed E-state index contributed by atoms with van der Waals surface area (Å²) in [6.45, 7) is 2.01. The molecular weight excluding hydrogens is 390 g/mol. The van der Waals surface area contributed by atoms with Crippen LogP contribution in [-0.4, -0.2) is 48.6 Å². The van der Waals surface area contributed by atoms with Crippen LogP contribution in [0.25, 0.3) is 0 Å². The number of carbonyl (C=O) groups is 2. The molecule has 2 aromatic carbocycles. The predicted molar refractivity (Wildman–Crippen MR) is 112 cm³/mol. The number of carbonyl (C=O) groups excluding carboxylic acids is 2. The second-order valence-electron chi connectivity index (χ2n) is 7.47. The number of para-hydroxylation sites is 1. The monoisotopic (exact) mass is 415 g/mol. The summed E-state index contributed by atoms with van der Waals surface area (Å²) in [4.78, 5) is 50.0. The number of phenolic OH excluding ortho intramolecular Hbond substituents is 1. The van der Waals surface area contributed by atoms with Gasteiger partial charge in [0.15, 0.2) is 5.75 Å². The van der Waals surface area contributed by atoms with Gasteiger partial charge in [-0.2, -0.15) is 0 Å². The lowest BCUT2D eigenvalue weighted by atomic mass is 10.0. The lowest BCUT2D eigenvalue weighted by Crippen LogP contribution is -2.41. The summed E-state index contributed by atoms with van der Waals surface area (Å²) in [5, 5.41) is 16.2. The Balaban J connectivity index is 1.84. The fraction of sp³-hybridized carbons (Fsp3) is 0.429. The fourth-order valence-electron chi connectivity index (χ4n) is 3.69. The Morgan fingerprint density at radius 1 is 1.17 bits per heavy atom. The molecule has 9 nitrogen and oxygen atoms in total. The van der Waals surface area contributed by atoms with Gasteiger partial charge in [-0.1, -0.05) is 12.5 Å². The molecule has 1 amide bonds. The smallest absolute Gasteiger partial charge is 0.311 e. The second-order valence-corrected chi connectivity index (χ2v) is 7.47. The maximum absolute atomic E-state index is 12.2. The fourth-order valence-corrected chi connectivity index (χ4v) is 3.69. The zero-order valence-electron chi connectivity index (χ0n) is 17.2. The summed E-state index contributed by atoms with van der Waals surface area (Å²) in [7, 11) is 3.12. The van der Waals surface area contributed by atoms with Crippen LogP contribution in [0.15, 0.2) is 27.8 Å². The van der Waals surface area contributed by atoms with Gasteiger partial charge in [-0.25, -0.2) is 0 Å². The van der Waals surface area contributed by atoms with E-state index >= 15 is 0 Å². The highest BCUT2D eigenvalue weighted by Crippen LogP contribution is 2.34. The highest BCUT2D eigenvalue weighted by molar-refractivity contribution is 5.99. The SMILES string of the molecule is CCOC(=O)[C@@H]1CCC[C@@H]1Nc1c(Nc2cccc(C(=O)N(C)C)c2O)c(=O)c1=O. The van der Waals surface area contributed by atoms with Crippen LogP contribution in [0, 0.1) is 5.92 Å². The molecule has 0 unspecified atom stereocenters. The van der Waals surface area contributed by atoms with Crippen LogP contribution >= 0.6 is 0 Å². The van der Waals surface area contributed by atoms with Crippen molar-refractivity contribution in [2.75, 3.05) is 31.3 Å². The molecule has 0 radical (unpaired) electrons. The summed E-state index contributed by atoms with van der Waals surface area (Å²) in [6.07, 6.45) is 2.11. The standard InChI is InChI=1S/C21H25N3O6/c1-4-30-21(29)11-7-5-9-13(11)22-15-16(19(27)18(15)26)23-14-10-6-8-12(17(14)25)20(28)24(2)3/h6,8,10-11,13,22-23,25H,4-5,7,9H2,1-3H3/t11-,13+/m1/s1. The number of hydrogen-bond acceptors (Lipinski definition) is 8. The topological polar surface area (TPSA) is 125 Å². The number of aromatic hydroxyl groups is 1. The molecule has 30 heavy (non-hydrogen) atoms. The lowest BCUT2D eigenvalue weighted by molar-refractivity contribution is -0.148. The van der Waals surface area contributed by atoms with Gasteiger partial charge in [-0.15, -0.1) is 0 Å². The van der Waals surface area contributed by atoms with Crippen molar-refractivity contribution < 1.29 is 19.4 Å². The van der Waals surface area contributed by atoms with Gasteiger partial charge >= 0.3 is 5.97 Å². The molecule has 1 fully saturated rings. The first-order valence-corrected chi connectivity index (χ1v) is 9.83. The minimum absolute atomic E-state index is 0.000684. The van der Waals surface area contributed by atoms with Crippen LogP contribution in [0.3, 0.4) is 0 Å². The predicted octanol–water partition coefficient (Wildman–Crippen LogP) is 1.58. The zero-order valence-corrected chi connectivity index (χ0v) is 17.2. The van der Waals surface area contributed by atoms with Gasteiger partial charge in [-0.05, 0) is 31.9 Å². The van der Waals surface area contributed by atoms with Crippen molar-refractivity contribution in [3.05, 3.63) is 44.2 Å². The number of anilines is 3. The Bertz CT molecular complexity index is 1040. The number of rotatable bonds is 7. The number of ether oxygens (including phenoxy) is 1. The van der Waals surface area contributed by atoms with Gasteiger partial charge in [0.2, 0.25) is 0 Å². The molecule has 1 saturated carbocycles. The van der Waals surface area contributed by atoms with Crippen LogP contribution in [0.5, 0.6) is 5.75 Å². The molecule has 0 bridgehead atoms. The van der Waals surface area contributed by atoms with Crippen molar-refractivity contribution in [3.8, 4) is 5.75 Å². The van der Waals surface area contributed by atoms with Crippen LogP contribution in [0.4, 0.5) is 17.1 Å². The average Bonchev–Trinajstić information content (AvgIpc) is 3.19. The van der Waals surface area contributed by atoms with E-state index in [0.29, 0.717) is 12.8 Å². The molecule has 1 aliphatic carbocycles.